The molecule has 2 unspecified atom stereocenters. The van der Waals surface area contributed by atoms with Crippen LogP contribution in [0.3, 0.4) is 0 Å². The van der Waals surface area contributed by atoms with E-state index < -0.39 is 0 Å². The molecule has 2 fully saturated rings. The van der Waals surface area contributed by atoms with Crippen molar-refractivity contribution in [3.05, 3.63) is 0 Å². The predicted molar refractivity (Wildman–Crippen MR) is 73.7 cm³/mol. The van der Waals surface area contributed by atoms with Crippen LogP contribution >= 0.6 is 0 Å². The molecule has 2 N–H and O–H groups in total. The molecule has 0 saturated carbocycles. The molecule has 0 radical (unpaired) electrons. The Morgan fingerprint density at radius 2 is 1.89 bits per heavy atom. The van der Waals surface area contributed by atoms with Crippen molar-refractivity contribution in [3.8, 4) is 0 Å². The van der Waals surface area contributed by atoms with Gasteiger partial charge in [0, 0.05) is 31.6 Å². The fourth-order valence-electron chi connectivity index (χ4n) is 3.16. The molecular formula is C14H25N3O2. The van der Waals surface area contributed by atoms with Crippen molar-refractivity contribution in [3.63, 3.8) is 0 Å². The van der Waals surface area contributed by atoms with E-state index >= 15 is 0 Å². The SMILES string of the molecule is CCCC(=O)NCC(=O)N(C)C1CC2CCC(C1)N2. The molecule has 2 saturated heterocycles. The highest BCUT2D eigenvalue weighted by atomic mass is 16.2. The molecule has 0 aromatic heterocycles. The van der Waals surface area contributed by atoms with Crippen LogP contribution < -0.4 is 10.6 Å². The highest BCUT2D eigenvalue weighted by Gasteiger charge is 2.36. The van der Waals surface area contributed by atoms with E-state index in [1.165, 1.54) is 12.8 Å². The number of carbonyl (C=O) groups excluding carboxylic acids is 2. The maximum Gasteiger partial charge on any atom is 0.241 e. The van der Waals surface area contributed by atoms with E-state index in [0.29, 0.717) is 24.5 Å². The number of likely N-dealkylation sites (N-methyl/N-ethyl adjacent to an activating group) is 1. The van der Waals surface area contributed by atoms with Gasteiger partial charge in [-0.1, -0.05) is 6.92 Å². The number of carbonyl (C=O) groups is 2. The first-order valence-corrected chi connectivity index (χ1v) is 7.38. The molecule has 0 aliphatic carbocycles. The first-order chi connectivity index (χ1) is 9.10. The van der Waals surface area contributed by atoms with E-state index in [2.05, 4.69) is 10.6 Å². The maximum atomic E-state index is 12.1. The van der Waals surface area contributed by atoms with Gasteiger partial charge >= 0.3 is 0 Å². The van der Waals surface area contributed by atoms with Gasteiger partial charge in [0.15, 0.2) is 0 Å². The van der Waals surface area contributed by atoms with Crippen molar-refractivity contribution in [2.24, 2.45) is 0 Å². The molecule has 2 amide bonds. The van der Waals surface area contributed by atoms with Gasteiger partial charge in [0.1, 0.15) is 0 Å². The second-order valence-corrected chi connectivity index (χ2v) is 5.79. The summed E-state index contributed by atoms with van der Waals surface area (Å²) in [5.41, 5.74) is 0. The first kappa shape index (κ1) is 14.3. The van der Waals surface area contributed by atoms with Crippen molar-refractivity contribution in [1.82, 2.24) is 15.5 Å². The third-order valence-corrected chi connectivity index (χ3v) is 4.30. The molecule has 2 rings (SSSR count). The highest BCUT2D eigenvalue weighted by Crippen LogP contribution is 2.29. The number of hydrogen-bond acceptors (Lipinski definition) is 3. The van der Waals surface area contributed by atoms with E-state index in [-0.39, 0.29) is 18.4 Å². The van der Waals surface area contributed by atoms with Gasteiger partial charge in [-0.05, 0) is 32.1 Å². The Morgan fingerprint density at radius 3 is 2.47 bits per heavy atom. The van der Waals surface area contributed by atoms with Gasteiger partial charge in [-0.3, -0.25) is 9.59 Å². The minimum atomic E-state index is -0.0327. The lowest BCUT2D eigenvalue weighted by molar-refractivity contribution is -0.134. The molecular weight excluding hydrogens is 242 g/mol. The highest BCUT2D eigenvalue weighted by molar-refractivity contribution is 5.84. The molecule has 2 aliphatic rings. The predicted octanol–water partition coefficient (Wildman–Crippen LogP) is 0.644. The number of nitrogens with zero attached hydrogens (tertiary/aromatic N) is 1. The van der Waals surface area contributed by atoms with Gasteiger partial charge in [-0.25, -0.2) is 0 Å². The summed E-state index contributed by atoms with van der Waals surface area (Å²) in [6.07, 6.45) is 5.86. The minimum absolute atomic E-state index is 0.0238. The summed E-state index contributed by atoms with van der Waals surface area (Å²) in [7, 11) is 1.86. The molecule has 19 heavy (non-hydrogen) atoms. The Kier molecular flexibility index (Phi) is 4.80. The summed E-state index contributed by atoms with van der Waals surface area (Å²) in [6.45, 7) is 2.09. The lowest BCUT2D eigenvalue weighted by Crippen LogP contribution is -2.50. The Bertz CT molecular complexity index is 334. The van der Waals surface area contributed by atoms with Crippen molar-refractivity contribution in [1.29, 1.82) is 0 Å². The average molecular weight is 267 g/mol. The van der Waals surface area contributed by atoms with Crippen LogP contribution in [0, 0.1) is 0 Å². The zero-order valence-electron chi connectivity index (χ0n) is 11.9. The second kappa shape index (κ2) is 6.37. The number of rotatable bonds is 5. The topological polar surface area (TPSA) is 61.4 Å². The molecule has 2 aliphatic heterocycles. The molecule has 108 valence electrons. The first-order valence-electron chi connectivity index (χ1n) is 7.38. The lowest BCUT2D eigenvalue weighted by atomic mass is 9.98. The van der Waals surface area contributed by atoms with E-state index in [0.717, 1.165) is 19.3 Å². The van der Waals surface area contributed by atoms with Gasteiger partial charge in [0.05, 0.1) is 6.54 Å². The molecule has 5 nitrogen and oxygen atoms in total. The minimum Gasteiger partial charge on any atom is -0.347 e. The van der Waals surface area contributed by atoms with E-state index in [1.807, 2.05) is 18.9 Å². The van der Waals surface area contributed by atoms with Gasteiger partial charge in [0.25, 0.3) is 0 Å². The quantitative estimate of drug-likeness (QED) is 0.768. The van der Waals surface area contributed by atoms with E-state index in [4.69, 9.17) is 0 Å². The number of nitrogens with one attached hydrogen (secondary N) is 2. The number of amides is 2. The van der Waals surface area contributed by atoms with Crippen molar-refractivity contribution in [2.75, 3.05) is 13.6 Å². The van der Waals surface area contributed by atoms with Gasteiger partial charge in [-0.2, -0.15) is 0 Å². The third kappa shape index (κ3) is 3.69. The number of fused-ring (bicyclic) bond motifs is 2. The Hall–Kier alpha value is -1.10. The Balaban J connectivity index is 1.77. The Labute approximate surface area is 115 Å². The van der Waals surface area contributed by atoms with Crippen LogP contribution in [-0.4, -0.2) is 48.4 Å². The standard InChI is InChI=1S/C14H25N3O2/c1-3-4-13(18)15-9-14(19)17(2)12-7-10-5-6-11(8-12)16-10/h10-12,16H,3-9H2,1-2H3,(H,15,18). The molecule has 2 atom stereocenters. The average Bonchev–Trinajstić information content (AvgIpc) is 2.74. The van der Waals surface area contributed by atoms with Crippen molar-refractivity contribution in [2.45, 2.75) is 63.6 Å². The summed E-state index contributed by atoms with van der Waals surface area (Å²) in [5, 5.41) is 6.27. The second-order valence-electron chi connectivity index (χ2n) is 5.79. The number of piperidine rings is 1. The van der Waals surface area contributed by atoms with Crippen LogP contribution in [0.15, 0.2) is 0 Å². The summed E-state index contributed by atoms with van der Waals surface area (Å²) in [4.78, 5) is 25.3. The fourth-order valence-corrected chi connectivity index (χ4v) is 3.16. The summed E-state index contributed by atoms with van der Waals surface area (Å²) < 4.78 is 0. The smallest absolute Gasteiger partial charge is 0.241 e. The van der Waals surface area contributed by atoms with E-state index in [9.17, 15) is 9.59 Å². The van der Waals surface area contributed by atoms with Crippen LogP contribution in [0.1, 0.15) is 45.4 Å². The fraction of sp³-hybridized carbons (Fsp3) is 0.857. The van der Waals surface area contributed by atoms with E-state index in [1.54, 1.807) is 0 Å². The zero-order valence-corrected chi connectivity index (χ0v) is 11.9. The van der Waals surface area contributed by atoms with Crippen LogP contribution in [0.5, 0.6) is 0 Å². The van der Waals surface area contributed by atoms with Crippen molar-refractivity contribution < 1.29 is 9.59 Å². The molecule has 0 spiro atoms. The van der Waals surface area contributed by atoms with Gasteiger partial charge in [0.2, 0.25) is 11.8 Å². The summed E-state index contributed by atoms with van der Waals surface area (Å²) >= 11 is 0. The largest absolute Gasteiger partial charge is 0.347 e. The molecule has 5 heteroatoms. The number of hydrogen-bond donors (Lipinski definition) is 2. The molecule has 2 bridgehead atoms. The lowest BCUT2D eigenvalue weighted by Gasteiger charge is -2.35. The van der Waals surface area contributed by atoms with Crippen LogP contribution in [0.4, 0.5) is 0 Å². The van der Waals surface area contributed by atoms with Crippen LogP contribution in [0.25, 0.3) is 0 Å². The monoisotopic (exact) mass is 267 g/mol. The molecule has 0 aromatic rings. The van der Waals surface area contributed by atoms with Crippen LogP contribution in [-0.2, 0) is 9.59 Å². The molecule has 2 heterocycles. The normalized spacial score (nSPS) is 29.1. The van der Waals surface area contributed by atoms with Gasteiger partial charge in [-0.15, -0.1) is 0 Å². The zero-order chi connectivity index (χ0) is 13.8. The third-order valence-electron chi connectivity index (χ3n) is 4.30. The Morgan fingerprint density at radius 1 is 1.26 bits per heavy atom. The summed E-state index contributed by atoms with van der Waals surface area (Å²) in [6, 6.07) is 1.48. The molecule has 0 aromatic carbocycles. The summed E-state index contributed by atoms with van der Waals surface area (Å²) in [5.74, 6) is -0.00890. The maximum absolute atomic E-state index is 12.1. The van der Waals surface area contributed by atoms with Crippen LogP contribution in [0.2, 0.25) is 0 Å². The van der Waals surface area contributed by atoms with Crippen molar-refractivity contribution >= 4 is 11.8 Å². The van der Waals surface area contributed by atoms with Gasteiger partial charge < -0.3 is 15.5 Å².